The normalized spacial score (nSPS) is 12.2. The van der Waals surface area contributed by atoms with Crippen LogP contribution < -0.4 is 11.1 Å². The Morgan fingerprint density at radius 3 is 2.79 bits per heavy atom. The van der Waals surface area contributed by atoms with Crippen LogP contribution in [0.25, 0.3) is 0 Å². The number of nitrogens with zero attached hydrogens (tertiary/aromatic N) is 1. The minimum absolute atomic E-state index is 0.135. The number of benzene rings is 1. The van der Waals surface area contributed by atoms with Gasteiger partial charge in [-0.15, -0.1) is 0 Å². The standard InChI is InChI=1S/C13H21N3O3/c1-10-8-11(5-6-13(10)16(17)18)15-12(9-19-2)4-3-7-14/h5-6,8,12,15H,3-4,7,9,14H2,1-2H3. The van der Waals surface area contributed by atoms with Crippen molar-refractivity contribution in [2.45, 2.75) is 25.8 Å². The van der Waals surface area contributed by atoms with Crippen LogP contribution in [0.4, 0.5) is 11.4 Å². The van der Waals surface area contributed by atoms with Crippen molar-refractivity contribution in [3.8, 4) is 0 Å². The second kappa shape index (κ2) is 7.70. The second-order valence-electron chi connectivity index (χ2n) is 4.49. The highest BCUT2D eigenvalue weighted by molar-refractivity contribution is 5.54. The number of nitro groups is 1. The van der Waals surface area contributed by atoms with Gasteiger partial charge in [0.1, 0.15) is 0 Å². The fourth-order valence-corrected chi connectivity index (χ4v) is 1.95. The number of nitro benzene ring substituents is 1. The van der Waals surface area contributed by atoms with Crippen molar-refractivity contribution < 1.29 is 9.66 Å². The van der Waals surface area contributed by atoms with Crippen molar-refractivity contribution in [1.29, 1.82) is 0 Å². The number of aryl methyl sites for hydroxylation is 1. The second-order valence-corrected chi connectivity index (χ2v) is 4.49. The van der Waals surface area contributed by atoms with Gasteiger partial charge in [0, 0.05) is 30.5 Å². The molecule has 0 spiro atoms. The minimum atomic E-state index is -0.375. The van der Waals surface area contributed by atoms with Crippen molar-refractivity contribution in [3.63, 3.8) is 0 Å². The SMILES string of the molecule is COCC(CCCN)Nc1ccc([N+](=O)[O-])c(C)c1. The third-order valence-electron chi connectivity index (χ3n) is 2.89. The molecule has 106 valence electrons. The van der Waals surface area contributed by atoms with E-state index >= 15 is 0 Å². The summed E-state index contributed by atoms with van der Waals surface area (Å²) < 4.78 is 5.15. The highest BCUT2D eigenvalue weighted by Crippen LogP contribution is 2.22. The van der Waals surface area contributed by atoms with Gasteiger partial charge < -0.3 is 15.8 Å². The smallest absolute Gasteiger partial charge is 0.272 e. The molecule has 0 heterocycles. The van der Waals surface area contributed by atoms with E-state index in [9.17, 15) is 10.1 Å². The van der Waals surface area contributed by atoms with Crippen molar-refractivity contribution in [3.05, 3.63) is 33.9 Å². The third-order valence-corrected chi connectivity index (χ3v) is 2.89. The summed E-state index contributed by atoms with van der Waals surface area (Å²) in [5.74, 6) is 0. The Balaban J connectivity index is 2.73. The van der Waals surface area contributed by atoms with Crippen molar-refractivity contribution in [2.75, 3.05) is 25.6 Å². The molecule has 0 fully saturated rings. The van der Waals surface area contributed by atoms with Crippen LogP contribution in [0.5, 0.6) is 0 Å². The lowest BCUT2D eigenvalue weighted by atomic mass is 10.1. The van der Waals surface area contributed by atoms with E-state index in [2.05, 4.69) is 5.32 Å². The quantitative estimate of drug-likeness (QED) is 0.556. The van der Waals surface area contributed by atoms with E-state index in [1.54, 1.807) is 26.2 Å². The molecule has 0 aliphatic carbocycles. The minimum Gasteiger partial charge on any atom is -0.383 e. The highest BCUT2D eigenvalue weighted by Gasteiger charge is 2.12. The number of hydrogen-bond acceptors (Lipinski definition) is 5. The predicted octanol–water partition coefficient (Wildman–Crippen LogP) is 2.07. The van der Waals surface area contributed by atoms with Crippen molar-refractivity contribution >= 4 is 11.4 Å². The Morgan fingerprint density at radius 1 is 1.53 bits per heavy atom. The molecular formula is C13H21N3O3. The lowest BCUT2D eigenvalue weighted by molar-refractivity contribution is -0.385. The van der Waals surface area contributed by atoms with Gasteiger partial charge in [0.25, 0.3) is 5.69 Å². The number of rotatable bonds is 8. The number of methoxy groups -OCH3 is 1. The molecule has 6 nitrogen and oxygen atoms in total. The fourth-order valence-electron chi connectivity index (χ4n) is 1.95. The van der Waals surface area contributed by atoms with Crippen LogP contribution in [0, 0.1) is 17.0 Å². The molecule has 1 rings (SSSR count). The van der Waals surface area contributed by atoms with E-state index in [-0.39, 0.29) is 16.7 Å². The monoisotopic (exact) mass is 267 g/mol. The zero-order valence-electron chi connectivity index (χ0n) is 11.4. The maximum Gasteiger partial charge on any atom is 0.272 e. The molecule has 1 atom stereocenters. The number of ether oxygens (including phenoxy) is 1. The zero-order chi connectivity index (χ0) is 14.3. The van der Waals surface area contributed by atoms with Crippen LogP contribution in [0.15, 0.2) is 18.2 Å². The summed E-state index contributed by atoms with van der Waals surface area (Å²) in [6, 6.07) is 5.18. The summed E-state index contributed by atoms with van der Waals surface area (Å²) in [4.78, 5) is 10.4. The van der Waals surface area contributed by atoms with Crippen LogP contribution >= 0.6 is 0 Å². The van der Waals surface area contributed by atoms with Crippen LogP contribution in [0.2, 0.25) is 0 Å². The first-order valence-electron chi connectivity index (χ1n) is 6.29. The predicted molar refractivity (Wildman–Crippen MR) is 75.4 cm³/mol. The summed E-state index contributed by atoms with van der Waals surface area (Å²) in [5.41, 5.74) is 7.14. The summed E-state index contributed by atoms with van der Waals surface area (Å²) in [6.45, 7) is 2.95. The van der Waals surface area contributed by atoms with E-state index < -0.39 is 0 Å². The van der Waals surface area contributed by atoms with Gasteiger partial charge in [-0.05, 0) is 38.4 Å². The number of hydrogen-bond donors (Lipinski definition) is 2. The van der Waals surface area contributed by atoms with Crippen LogP contribution in [0.1, 0.15) is 18.4 Å². The lowest BCUT2D eigenvalue weighted by Gasteiger charge is -2.19. The Hall–Kier alpha value is -1.66. The van der Waals surface area contributed by atoms with Gasteiger partial charge >= 0.3 is 0 Å². The van der Waals surface area contributed by atoms with Gasteiger partial charge in [-0.2, -0.15) is 0 Å². The van der Waals surface area contributed by atoms with Crippen LogP contribution in [-0.4, -0.2) is 31.2 Å². The zero-order valence-corrected chi connectivity index (χ0v) is 11.4. The Labute approximate surface area is 113 Å². The molecule has 0 saturated carbocycles. The molecule has 1 aromatic rings. The van der Waals surface area contributed by atoms with Crippen LogP contribution in [0.3, 0.4) is 0 Å². The van der Waals surface area contributed by atoms with Gasteiger partial charge in [-0.1, -0.05) is 0 Å². The van der Waals surface area contributed by atoms with Crippen molar-refractivity contribution in [1.82, 2.24) is 0 Å². The molecule has 6 heteroatoms. The third kappa shape index (κ3) is 4.84. The van der Waals surface area contributed by atoms with Gasteiger partial charge in [0.05, 0.1) is 11.5 Å². The molecule has 0 radical (unpaired) electrons. The van der Waals surface area contributed by atoms with E-state index in [0.29, 0.717) is 18.7 Å². The Morgan fingerprint density at radius 2 is 2.26 bits per heavy atom. The maximum atomic E-state index is 10.8. The average Bonchev–Trinajstić information content (AvgIpc) is 2.36. The molecule has 0 bridgehead atoms. The topological polar surface area (TPSA) is 90.4 Å². The molecule has 0 aliphatic heterocycles. The molecule has 1 unspecified atom stereocenters. The average molecular weight is 267 g/mol. The largest absolute Gasteiger partial charge is 0.383 e. The first-order chi connectivity index (χ1) is 9.08. The molecule has 1 aromatic carbocycles. The van der Waals surface area contributed by atoms with E-state index in [0.717, 1.165) is 18.5 Å². The summed E-state index contributed by atoms with van der Waals surface area (Å²) in [5, 5.41) is 14.1. The Bertz CT molecular complexity index is 424. The lowest BCUT2D eigenvalue weighted by Crippen LogP contribution is -2.25. The van der Waals surface area contributed by atoms with Gasteiger partial charge in [-0.25, -0.2) is 0 Å². The number of nitrogens with one attached hydrogen (secondary N) is 1. The van der Waals surface area contributed by atoms with Gasteiger partial charge in [-0.3, -0.25) is 10.1 Å². The van der Waals surface area contributed by atoms with E-state index in [1.165, 1.54) is 6.07 Å². The maximum absolute atomic E-state index is 10.8. The molecule has 3 N–H and O–H groups in total. The highest BCUT2D eigenvalue weighted by atomic mass is 16.6. The Kier molecular flexibility index (Phi) is 6.24. The van der Waals surface area contributed by atoms with E-state index in [1.807, 2.05) is 0 Å². The molecule has 0 aromatic heterocycles. The van der Waals surface area contributed by atoms with E-state index in [4.69, 9.17) is 10.5 Å². The molecular weight excluding hydrogens is 246 g/mol. The molecule has 0 aliphatic rings. The van der Waals surface area contributed by atoms with Gasteiger partial charge in [0.2, 0.25) is 0 Å². The first-order valence-corrected chi connectivity index (χ1v) is 6.29. The summed E-state index contributed by atoms with van der Waals surface area (Å²) in [7, 11) is 1.65. The van der Waals surface area contributed by atoms with Crippen LogP contribution in [-0.2, 0) is 4.74 Å². The molecule has 0 saturated heterocycles. The number of anilines is 1. The molecule has 19 heavy (non-hydrogen) atoms. The fraction of sp³-hybridized carbons (Fsp3) is 0.538. The van der Waals surface area contributed by atoms with Gasteiger partial charge in [0.15, 0.2) is 0 Å². The first kappa shape index (κ1) is 15.4. The van der Waals surface area contributed by atoms with Crippen molar-refractivity contribution in [2.24, 2.45) is 5.73 Å². The summed E-state index contributed by atoms with van der Waals surface area (Å²) >= 11 is 0. The molecule has 0 amide bonds. The summed E-state index contributed by atoms with van der Waals surface area (Å²) in [6.07, 6.45) is 1.81. The number of nitrogens with two attached hydrogens (primary N) is 1.